The molecule has 32 heavy (non-hydrogen) atoms. The SMILES string of the molecule is CCOc1cc(C=C(C#N)C(=O)Nc2cc(C)on2)cc(Cl)c1OCc1ccccc1F. The number of carbonyl (C=O) groups excluding carboxylic acids is 1. The fourth-order valence-electron chi connectivity index (χ4n) is 2.76. The number of nitriles is 1. The van der Waals surface area contributed by atoms with Crippen LogP contribution in [-0.2, 0) is 11.4 Å². The van der Waals surface area contributed by atoms with Gasteiger partial charge in [-0.25, -0.2) is 4.39 Å². The third-order valence-corrected chi connectivity index (χ3v) is 4.49. The third-order valence-electron chi connectivity index (χ3n) is 4.21. The first kappa shape index (κ1) is 22.8. The van der Waals surface area contributed by atoms with Gasteiger partial charge in [0.15, 0.2) is 17.3 Å². The van der Waals surface area contributed by atoms with E-state index in [9.17, 15) is 14.4 Å². The quantitative estimate of drug-likeness (QED) is 0.365. The van der Waals surface area contributed by atoms with Gasteiger partial charge in [0.25, 0.3) is 5.91 Å². The molecule has 1 N–H and O–H groups in total. The van der Waals surface area contributed by atoms with Gasteiger partial charge in [0.2, 0.25) is 0 Å². The monoisotopic (exact) mass is 455 g/mol. The molecule has 0 spiro atoms. The van der Waals surface area contributed by atoms with Gasteiger partial charge in [-0.3, -0.25) is 4.79 Å². The second-order valence-electron chi connectivity index (χ2n) is 6.59. The molecule has 0 aliphatic carbocycles. The maximum absolute atomic E-state index is 13.9. The first-order valence-electron chi connectivity index (χ1n) is 9.60. The molecule has 0 aliphatic rings. The van der Waals surface area contributed by atoms with Crippen LogP contribution in [0.1, 0.15) is 23.8 Å². The van der Waals surface area contributed by atoms with Crippen molar-refractivity contribution in [2.45, 2.75) is 20.5 Å². The number of hydrogen-bond acceptors (Lipinski definition) is 6. The smallest absolute Gasteiger partial charge is 0.267 e. The van der Waals surface area contributed by atoms with Gasteiger partial charge in [-0.15, -0.1) is 0 Å². The number of nitrogens with zero attached hydrogens (tertiary/aromatic N) is 2. The molecule has 1 heterocycles. The van der Waals surface area contributed by atoms with Crippen LogP contribution >= 0.6 is 11.6 Å². The minimum atomic E-state index is -0.658. The van der Waals surface area contributed by atoms with Crippen LogP contribution in [0.2, 0.25) is 5.02 Å². The van der Waals surface area contributed by atoms with Crippen LogP contribution in [0.25, 0.3) is 6.08 Å². The Bertz CT molecular complexity index is 1200. The molecular weight excluding hydrogens is 437 g/mol. The molecule has 0 fully saturated rings. The summed E-state index contributed by atoms with van der Waals surface area (Å²) in [7, 11) is 0. The molecule has 9 heteroatoms. The van der Waals surface area contributed by atoms with E-state index in [1.165, 1.54) is 24.3 Å². The molecule has 0 atom stereocenters. The van der Waals surface area contributed by atoms with Crippen molar-refractivity contribution < 1.29 is 23.2 Å². The van der Waals surface area contributed by atoms with Crippen LogP contribution in [0, 0.1) is 24.1 Å². The largest absolute Gasteiger partial charge is 0.490 e. The molecule has 3 aromatic rings. The lowest BCUT2D eigenvalue weighted by molar-refractivity contribution is -0.112. The van der Waals surface area contributed by atoms with Crippen LogP contribution in [0.3, 0.4) is 0 Å². The number of rotatable bonds is 8. The average Bonchev–Trinajstić information content (AvgIpc) is 3.17. The number of anilines is 1. The number of halogens is 2. The number of nitrogens with one attached hydrogen (secondary N) is 1. The maximum atomic E-state index is 13.9. The summed E-state index contributed by atoms with van der Waals surface area (Å²) in [6, 6.07) is 12.7. The Morgan fingerprint density at radius 2 is 2.09 bits per heavy atom. The highest BCUT2D eigenvalue weighted by atomic mass is 35.5. The Hall–Kier alpha value is -3.83. The van der Waals surface area contributed by atoms with Gasteiger partial charge in [-0.05, 0) is 43.7 Å². The number of ether oxygens (including phenoxy) is 2. The normalized spacial score (nSPS) is 11.0. The Morgan fingerprint density at radius 1 is 1.31 bits per heavy atom. The Balaban J connectivity index is 1.85. The lowest BCUT2D eigenvalue weighted by atomic mass is 10.1. The molecular formula is C23H19ClFN3O4. The molecule has 1 amide bonds. The second kappa shape index (κ2) is 10.5. The molecule has 0 aliphatic heterocycles. The van der Waals surface area contributed by atoms with Crippen molar-refractivity contribution in [3.05, 3.63) is 75.8 Å². The molecule has 0 bridgehead atoms. The number of carbonyl (C=O) groups is 1. The van der Waals surface area contributed by atoms with Crippen molar-refractivity contribution in [3.63, 3.8) is 0 Å². The zero-order valence-electron chi connectivity index (χ0n) is 17.3. The summed E-state index contributed by atoms with van der Waals surface area (Å²) in [4.78, 5) is 12.4. The highest BCUT2D eigenvalue weighted by molar-refractivity contribution is 6.32. The molecule has 0 saturated heterocycles. The van der Waals surface area contributed by atoms with Gasteiger partial charge >= 0.3 is 0 Å². The Labute approximate surface area is 189 Å². The van der Waals surface area contributed by atoms with E-state index in [1.54, 1.807) is 38.1 Å². The van der Waals surface area contributed by atoms with Crippen molar-refractivity contribution in [2.24, 2.45) is 0 Å². The summed E-state index contributed by atoms with van der Waals surface area (Å²) >= 11 is 6.38. The van der Waals surface area contributed by atoms with Gasteiger partial charge < -0.3 is 19.3 Å². The van der Waals surface area contributed by atoms with Gasteiger partial charge in [0, 0.05) is 11.6 Å². The van der Waals surface area contributed by atoms with E-state index in [-0.39, 0.29) is 28.8 Å². The van der Waals surface area contributed by atoms with Crippen molar-refractivity contribution in [3.8, 4) is 17.6 Å². The van der Waals surface area contributed by atoms with Crippen molar-refractivity contribution in [2.75, 3.05) is 11.9 Å². The van der Waals surface area contributed by atoms with E-state index in [1.807, 2.05) is 6.07 Å². The fourth-order valence-corrected chi connectivity index (χ4v) is 3.04. The van der Waals surface area contributed by atoms with E-state index in [4.69, 9.17) is 25.6 Å². The summed E-state index contributed by atoms with van der Waals surface area (Å²) < 4.78 is 30.1. The van der Waals surface area contributed by atoms with Crippen LogP contribution in [-0.4, -0.2) is 17.7 Å². The lowest BCUT2D eigenvalue weighted by Gasteiger charge is -2.15. The summed E-state index contributed by atoms with van der Waals surface area (Å²) in [5, 5.41) is 15.8. The first-order valence-corrected chi connectivity index (χ1v) is 9.98. The molecule has 0 radical (unpaired) electrons. The van der Waals surface area contributed by atoms with E-state index in [0.29, 0.717) is 29.2 Å². The van der Waals surface area contributed by atoms with Gasteiger partial charge in [0.05, 0.1) is 11.6 Å². The predicted molar refractivity (Wildman–Crippen MR) is 117 cm³/mol. The van der Waals surface area contributed by atoms with Crippen molar-refractivity contribution in [1.29, 1.82) is 5.26 Å². The third kappa shape index (κ3) is 5.65. The minimum Gasteiger partial charge on any atom is -0.490 e. The Kier molecular flexibility index (Phi) is 7.47. The predicted octanol–water partition coefficient (Wildman–Crippen LogP) is 5.30. The number of hydrogen-bond donors (Lipinski definition) is 1. The zero-order valence-corrected chi connectivity index (χ0v) is 18.1. The molecule has 1 aromatic heterocycles. The van der Waals surface area contributed by atoms with E-state index < -0.39 is 11.7 Å². The molecule has 3 rings (SSSR count). The molecule has 0 unspecified atom stereocenters. The average molecular weight is 456 g/mol. The first-order chi connectivity index (χ1) is 15.4. The Morgan fingerprint density at radius 3 is 2.75 bits per heavy atom. The number of amides is 1. The highest BCUT2D eigenvalue weighted by Gasteiger charge is 2.16. The van der Waals surface area contributed by atoms with Gasteiger partial charge in [-0.2, -0.15) is 5.26 Å². The summed E-state index contributed by atoms with van der Waals surface area (Å²) in [5.41, 5.74) is 0.630. The number of benzene rings is 2. The molecule has 2 aromatic carbocycles. The summed E-state index contributed by atoms with van der Waals surface area (Å²) in [5.74, 6) is 0.186. The van der Waals surface area contributed by atoms with Gasteiger partial charge in [0.1, 0.15) is 29.8 Å². The molecule has 0 saturated carbocycles. The fraction of sp³-hybridized carbons (Fsp3) is 0.174. The van der Waals surface area contributed by atoms with E-state index >= 15 is 0 Å². The van der Waals surface area contributed by atoms with E-state index in [2.05, 4.69) is 10.5 Å². The lowest BCUT2D eigenvalue weighted by Crippen LogP contribution is -2.13. The highest BCUT2D eigenvalue weighted by Crippen LogP contribution is 2.38. The standard InChI is InChI=1S/C23H19ClFN3O4/c1-3-30-20-11-15(9-17(12-26)23(29)27-21-8-14(2)32-28-21)10-18(24)22(20)31-13-16-6-4-5-7-19(16)25/h4-11H,3,13H2,1-2H3,(H,27,28,29). The number of aryl methyl sites for hydroxylation is 1. The van der Waals surface area contributed by atoms with Crippen LogP contribution in [0.5, 0.6) is 11.5 Å². The van der Waals surface area contributed by atoms with Gasteiger partial charge in [-0.1, -0.05) is 35.0 Å². The van der Waals surface area contributed by atoms with E-state index in [0.717, 1.165) is 0 Å². The zero-order chi connectivity index (χ0) is 23.1. The van der Waals surface area contributed by atoms with Crippen molar-refractivity contribution >= 4 is 29.4 Å². The van der Waals surface area contributed by atoms with Crippen molar-refractivity contribution in [1.82, 2.24) is 5.16 Å². The molecule has 164 valence electrons. The summed E-state index contributed by atoms with van der Waals surface area (Å²) in [6.07, 6.45) is 1.36. The topological polar surface area (TPSA) is 97.4 Å². The maximum Gasteiger partial charge on any atom is 0.267 e. The summed E-state index contributed by atoms with van der Waals surface area (Å²) in [6.45, 7) is 3.73. The second-order valence-corrected chi connectivity index (χ2v) is 7.00. The van der Waals surface area contributed by atoms with Crippen LogP contribution in [0.4, 0.5) is 10.2 Å². The van der Waals surface area contributed by atoms with Crippen LogP contribution in [0.15, 0.2) is 52.6 Å². The van der Waals surface area contributed by atoms with Crippen LogP contribution < -0.4 is 14.8 Å². The molecule has 7 nitrogen and oxygen atoms in total. The minimum absolute atomic E-state index is 0.0510. The number of aromatic nitrogens is 1.